The van der Waals surface area contributed by atoms with Gasteiger partial charge in [-0.05, 0) is 6.07 Å². The average Bonchev–Trinajstić information content (AvgIpc) is 2.73. The van der Waals surface area contributed by atoms with Crippen molar-refractivity contribution in [3.05, 3.63) is 18.5 Å². The lowest BCUT2D eigenvalue weighted by atomic mass is 10.4. The number of ether oxygens (including phenoxy) is 1. The summed E-state index contributed by atoms with van der Waals surface area (Å²) in [6, 6.07) is 1.96. The van der Waals surface area contributed by atoms with E-state index in [1.54, 1.807) is 12.4 Å². The predicted octanol–water partition coefficient (Wildman–Crippen LogP) is 0.346. The van der Waals surface area contributed by atoms with Gasteiger partial charge >= 0.3 is 0 Å². The van der Waals surface area contributed by atoms with Gasteiger partial charge in [0.15, 0.2) is 0 Å². The molecule has 2 N–H and O–H groups in total. The SMILES string of the molecule is Nc1nc2cnccc2n1CCN1CCOCC1. The summed E-state index contributed by atoms with van der Waals surface area (Å²) in [5, 5.41) is 0. The second-order valence-corrected chi connectivity index (χ2v) is 4.44. The molecule has 3 rings (SSSR count). The molecule has 0 aromatic carbocycles. The maximum absolute atomic E-state index is 5.95. The number of imidazole rings is 1. The van der Waals surface area contributed by atoms with Gasteiger partial charge in [0.2, 0.25) is 5.95 Å². The molecule has 3 heterocycles. The largest absolute Gasteiger partial charge is 0.379 e. The van der Waals surface area contributed by atoms with Crippen molar-refractivity contribution in [3.63, 3.8) is 0 Å². The highest BCUT2D eigenvalue weighted by Crippen LogP contribution is 2.16. The van der Waals surface area contributed by atoms with Gasteiger partial charge in [0, 0.05) is 32.4 Å². The first-order valence-corrected chi connectivity index (χ1v) is 6.20. The first-order valence-electron chi connectivity index (χ1n) is 6.20. The van der Waals surface area contributed by atoms with E-state index in [-0.39, 0.29) is 0 Å². The summed E-state index contributed by atoms with van der Waals surface area (Å²) in [6.45, 7) is 5.46. The van der Waals surface area contributed by atoms with Crippen LogP contribution in [0.3, 0.4) is 0 Å². The van der Waals surface area contributed by atoms with E-state index >= 15 is 0 Å². The molecule has 1 aliphatic heterocycles. The van der Waals surface area contributed by atoms with Crippen LogP contribution in [0.1, 0.15) is 0 Å². The molecular weight excluding hydrogens is 230 g/mol. The van der Waals surface area contributed by atoms with Crippen molar-refractivity contribution in [1.29, 1.82) is 0 Å². The molecule has 0 unspecified atom stereocenters. The van der Waals surface area contributed by atoms with Gasteiger partial charge in [-0.25, -0.2) is 4.98 Å². The van der Waals surface area contributed by atoms with Crippen molar-refractivity contribution in [2.75, 3.05) is 38.6 Å². The van der Waals surface area contributed by atoms with Crippen molar-refractivity contribution in [3.8, 4) is 0 Å². The molecule has 0 atom stereocenters. The molecule has 0 amide bonds. The summed E-state index contributed by atoms with van der Waals surface area (Å²) in [4.78, 5) is 10.8. The third-order valence-electron chi connectivity index (χ3n) is 3.32. The quantitative estimate of drug-likeness (QED) is 0.847. The zero-order chi connectivity index (χ0) is 12.4. The van der Waals surface area contributed by atoms with Gasteiger partial charge in [-0.1, -0.05) is 0 Å². The third kappa shape index (κ3) is 2.16. The monoisotopic (exact) mass is 247 g/mol. The van der Waals surface area contributed by atoms with E-state index in [1.807, 2.05) is 10.6 Å². The minimum atomic E-state index is 0.561. The molecule has 0 aliphatic carbocycles. The summed E-state index contributed by atoms with van der Waals surface area (Å²) in [6.07, 6.45) is 3.52. The lowest BCUT2D eigenvalue weighted by molar-refractivity contribution is 0.0366. The van der Waals surface area contributed by atoms with Gasteiger partial charge in [-0.15, -0.1) is 0 Å². The number of anilines is 1. The van der Waals surface area contributed by atoms with Crippen LogP contribution >= 0.6 is 0 Å². The summed E-state index contributed by atoms with van der Waals surface area (Å²) < 4.78 is 7.39. The van der Waals surface area contributed by atoms with Gasteiger partial charge in [-0.2, -0.15) is 0 Å². The fourth-order valence-electron chi connectivity index (χ4n) is 2.30. The summed E-state index contributed by atoms with van der Waals surface area (Å²) in [5.74, 6) is 0.561. The number of fused-ring (bicyclic) bond motifs is 1. The van der Waals surface area contributed by atoms with Crippen LogP contribution in [0.5, 0.6) is 0 Å². The number of morpholine rings is 1. The van der Waals surface area contributed by atoms with Crippen molar-refractivity contribution >= 4 is 17.0 Å². The highest BCUT2D eigenvalue weighted by atomic mass is 16.5. The van der Waals surface area contributed by atoms with Gasteiger partial charge in [0.25, 0.3) is 0 Å². The minimum Gasteiger partial charge on any atom is -0.379 e. The Bertz CT molecular complexity index is 532. The predicted molar refractivity (Wildman–Crippen MR) is 69.2 cm³/mol. The maximum Gasteiger partial charge on any atom is 0.201 e. The zero-order valence-electron chi connectivity index (χ0n) is 10.2. The van der Waals surface area contributed by atoms with Crippen LogP contribution in [0, 0.1) is 0 Å². The van der Waals surface area contributed by atoms with E-state index in [4.69, 9.17) is 10.5 Å². The molecule has 1 aliphatic rings. The molecule has 0 radical (unpaired) electrons. The number of nitrogens with zero attached hydrogens (tertiary/aromatic N) is 4. The molecule has 1 saturated heterocycles. The van der Waals surface area contributed by atoms with Crippen LogP contribution in [0.4, 0.5) is 5.95 Å². The van der Waals surface area contributed by atoms with Crippen LogP contribution in [0.25, 0.3) is 11.0 Å². The number of hydrogen-bond acceptors (Lipinski definition) is 5. The second kappa shape index (κ2) is 4.91. The Hall–Kier alpha value is -1.66. The van der Waals surface area contributed by atoms with Gasteiger partial charge in [0.05, 0.1) is 24.9 Å². The number of nitrogen functional groups attached to an aromatic ring is 1. The van der Waals surface area contributed by atoms with E-state index in [0.717, 1.165) is 50.4 Å². The van der Waals surface area contributed by atoms with Crippen molar-refractivity contribution in [2.45, 2.75) is 6.54 Å². The smallest absolute Gasteiger partial charge is 0.201 e. The summed E-state index contributed by atoms with van der Waals surface area (Å²) in [5.41, 5.74) is 7.86. The molecule has 6 nitrogen and oxygen atoms in total. The molecule has 96 valence electrons. The van der Waals surface area contributed by atoms with Crippen molar-refractivity contribution in [1.82, 2.24) is 19.4 Å². The molecule has 18 heavy (non-hydrogen) atoms. The molecule has 2 aromatic heterocycles. The highest BCUT2D eigenvalue weighted by Gasteiger charge is 2.12. The van der Waals surface area contributed by atoms with E-state index in [0.29, 0.717) is 5.95 Å². The van der Waals surface area contributed by atoms with Crippen LogP contribution in [-0.4, -0.2) is 52.3 Å². The fourth-order valence-corrected chi connectivity index (χ4v) is 2.30. The first kappa shape index (κ1) is 11.4. The Morgan fingerprint density at radius 3 is 2.94 bits per heavy atom. The molecule has 2 aromatic rings. The number of pyridine rings is 1. The van der Waals surface area contributed by atoms with Crippen LogP contribution in [0.2, 0.25) is 0 Å². The van der Waals surface area contributed by atoms with Crippen molar-refractivity contribution in [2.24, 2.45) is 0 Å². The van der Waals surface area contributed by atoms with Crippen LogP contribution in [0.15, 0.2) is 18.5 Å². The Balaban J connectivity index is 1.75. The average molecular weight is 247 g/mol. The first-order chi connectivity index (χ1) is 8.84. The Morgan fingerprint density at radius 2 is 2.11 bits per heavy atom. The van der Waals surface area contributed by atoms with Gasteiger partial charge < -0.3 is 15.0 Å². The Labute approximate surface area is 105 Å². The number of nitrogens with two attached hydrogens (primary N) is 1. The van der Waals surface area contributed by atoms with E-state index in [1.165, 1.54) is 0 Å². The molecule has 0 spiro atoms. The van der Waals surface area contributed by atoms with E-state index < -0.39 is 0 Å². The lowest BCUT2D eigenvalue weighted by Crippen LogP contribution is -2.38. The number of rotatable bonds is 3. The minimum absolute atomic E-state index is 0.561. The Kier molecular flexibility index (Phi) is 3.12. The molecule has 0 bridgehead atoms. The molecule has 1 fully saturated rings. The van der Waals surface area contributed by atoms with Crippen LogP contribution in [-0.2, 0) is 11.3 Å². The molecule has 0 saturated carbocycles. The standard InChI is InChI=1S/C12H17N5O/c13-12-15-10-9-14-2-1-11(10)17(12)4-3-16-5-7-18-8-6-16/h1-2,9H,3-8H2,(H2,13,15). The topological polar surface area (TPSA) is 69.2 Å². The summed E-state index contributed by atoms with van der Waals surface area (Å²) >= 11 is 0. The number of aromatic nitrogens is 3. The van der Waals surface area contributed by atoms with Gasteiger partial charge in [-0.3, -0.25) is 9.88 Å². The second-order valence-electron chi connectivity index (χ2n) is 4.44. The highest BCUT2D eigenvalue weighted by molar-refractivity contribution is 5.76. The summed E-state index contributed by atoms with van der Waals surface area (Å²) in [7, 11) is 0. The fraction of sp³-hybridized carbons (Fsp3) is 0.500. The lowest BCUT2D eigenvalue weighted by Gasteiger charge is -2.26. The molecule has 6 heteroatoms. The molecular formula is C12H17N5O. The normalized spacial score (nSPS) is 17.3. The number of hydrogen-bond donors (Lipinski definition) is 1. The zero-order valence-corrected chi connectivity index (χ0v) is 10.2. The van der Waals surface area contributed by atoms with E-state index in [2.05, 4.69) is 14.9 Å². The Morgan fingerprint density at radius 1 is 1.28 bits per heavy atom. The van der Waals surface area contributed by atoms with Crippen LogP contribution < -0.4 is 5.73 Å². The van der Waals surface area contributed by atoms with Gasteiger partial charge in [0.1, 0.15) is 5.52 Å². The van der Waals surface area contributed by atoms with Crippen molar-refractivity contribution < 1.29 is 4.74 Å². The third-order valence-corrected chi connectivity index (χ3v) is 3.32. The maximum atomic E-state index is 5.95. The van der Waals surface area contributed by atoms with E-state index in [9.17, 15) is 0 Å².